The summed E-state index contributed by atoms with van der Waals surface area (Å²) in [6.45, 7) is 5.51. The molecule has 190 valence electrons. The largest absolute Gasteiger partial charge is 0.468 e. The van der Waals surface area contributed by atoms with E-state index in [0.717, 1.165) is 5.56 Å². The normalized spacial score (nSPS) is 21.8. The van der Waals surface area contributed by atoms with Crippen LogP contribution in [0, 0.1) is 18.8 Å². The molecule has 0 spiro atoms. The summed E-state index contributed by atoms with van der Waals surface area (Å²) in [5.41, 5.74) is 2.30. The summed E-state index contributed by atoms with van der Waals surface area (Å²) in [6, 6.07) is 5.23. The first-order chi connectivity index (χ1) is 17.2. The molecule has 1 N–H and O–H groups in total. The van der Waals surface area contributed by atoms with E-state index in [1.54, 1.807) is 26.0 Å². The highest BCUT2D eigenvalue weighted by atomic mass is 16.6. The number of carbonyl (C=O) groups is 3. The smallest absolute Gasteiger partial charge is 0.336 e. The molecular weight excluding hydrogens is 466 g/mol. The molecule has 0 saturated heterocycles. The van der Waals surface area contributed by atoms with Gasteiger partial charge in [-0.3, -0.25) is 14.4 Å². The average Bonchev–Trinajstić information content (AvgIpc) is 2.83. The lowest BCUT2D eigenvalue weighted by molar-refractivity contribution is -0.151. The van der Waals surface area contributed by atoms with E-state index >= 15 is 0 Å². The van der Waals surface area contributed by atoms with Gasteiger partial charge in [0.15, 0.2) is 11.2 Å². The molecule has 0 unspecified atom stereocenters. The number of Topliss-reactive ketones (excluding diaryl/α,β-unsaturated/α-hetero) is 1. The maximum atomic E-state index is 13.8. The molecule has 1 aromatic heterocycles. The number of hydrogen-bond acceptors (Lipinski definition) is 9. The summed E-state index contributed by atoms with van der Waals surface area (Å²) in [4.78, 5) is 53.4. The van der Waals surface area contributed by atoms with Gasteiger partial charge in [0.05, 0.1) is 36.9 Å². The molecular formula is C27H29NO8. The van der Waals surface area contributed by atoms with Crippen molar-refractivity contribution in [1.82, 2.24) is 5.32 Å². The van der Waals surface area contributed by atoms with Crippen LogP contribution in [0.5, 0.6) is 0 Å². The van der Waals surface area contributed by atoms with Gasteiger partial charge in [-0.1, -0.05) is 18.6 Å². The number of esters is 2. The van der Waals surface area contributed by atoms with Gasteiger partial charge < -0.3 is 23.9 Å². The first-order valence-electron chi connectivity index (χ1n) is 11.7. The number of benzene rings is 1. The van der Waals surface area contributed by atoms with E-state index in [1.807, 2.05) is 13.0 Å². The van der Waals surface area contributed by atoms with Crippen LogP contribution in [0.15, 0.2) is 56.2 Å². The van der Waals surface area contributed by atoms with Gasteiger partial charge in [-0.25, -0.2) is 4.79 Å². The molecule has 3 atom stereocenters. The lowest BCUT2D eigenvalue weighted by Crippen LogP contribution is -2.44. The number of fused-ring (bicyclic) bond motifs is 1. The van der Waals surface area contributed by atoms with Crippen molar-refractivity contribution in [2.45, 2.75) is 33.1 Å². The molecule has 2 heterocycles. The fourth-order valence-electron chi connectivity index (χ4n) is 5.02. The summed E-state index contributed by atoms with van der Waals surface area (Å²) >= 11 is 0. The molecule has 0 bridgehead atoms. The summed E-state index contributed by atoms with van der Waals surface area (Å²) in [7, 11) is 2.71. The fraction of sp³-hybridized carbons (Fsp3) is 0.407. The van der Waals surface area contributed by atoms with Crippen molar-refractivity contribution >= 4 is 28.7 Å². The van der Waals surface area contributed by atoms with E-state index < -0.39 is 29.6 Å². The summed E-state index contributed by atoms with van der Waals surface area (Å²) in [6.07, 6.45) is 1.65. The van der Waals surface area contributed by atoms with Crippen LogP contribution in [0.4, 0.5) is 0 Å². The van der Waals surface area contributed by atoms with Crippen LogP contribution >= 0.6 is 0 Å². The van der Waals surface area contributed by atoms with Crippen molar-refractivity contribution in [3.8, 4) is 0 Å². The first-order valence-corrected chi connectivity index (χ1v) is 11.7. The van der Waals surface area contributed by atoms with Crippen LogP contribution < -0.4 is 10.7 Å². The summed E-state index contributed by atoms with van der Waals surface area (Å²) in [5.74, 6) is -4.32. The van der Waals surface area contributed by atoms with E-state index in [9.17, 15) is 19.2 Å². The van der Waals surface area contributed by atoms with Crippen LogP contribution in [0.3, 0.4) is 0 Å². The van der Waals surface area contributed by atoms with Crippen LogP contribution in [0.2, 0.25) is 0 Å². The topological polar surface area (TPSA) is 121 Å². The number of carbonyl (C=O) groups excluding carboxylic acids is 3. The molecule has 1 aliphatic carbocycles. The van der Waals surface area contributed by atoms with E-state index in [4.69, 9.17) is 18.6 Å². The second-order valence-electron chi connectivity index (χ2n) is 9.18. The molecule has 9 nitrogen and oxygen atoms in total. The van der Waals surface area contributed by atoms with Gasteiger partial charge in [-0.2, -0.15) is 0 Å². The SMILES string of the molecule is COCCOC(=O)C1=C(C)NC2=C(C(=O)[C@@H](C(=O)OC)[C@H](C)C2)[C@@H]1c1coc2ccc(C)cc2c1=O. The maximum absolute atomic E-state index is 13.8. The molecule has 1 aromatic carbocycles. The number of aryl methyl sites for hydroxylation is 1. The minimum Gasteiger partial charge on any atom is -0.468 e. The van der Waals surface area contributed by atoms with Crippen LogP contribution in [0.1, 0.15) is 37.3 Å². The van der Waals surface area contributed by atoms with Crippen molar-refractivity contribution in [2.24, 2.45) is 11.8 Å². The van der Waals surface area contributed by atoms with E-state index in [-0.39, 0.29) is 41.3 Å². The first kappa shape index (κ1) is 25.4. The zero-order valence-corrected chi connectivity index (χ0v) is 20.9. The van der Waals surface area contributed by atoms with E-state index in [2.05, 4.69) is 5.32 Å². The number of hydrogen-bond donors (Lipinski definition) is 1. The van der Waals surface area contributed by atoms with Gasteiger partial charge in [-0.05, 0) is 38.3 Å². The second-order valence-corrected chi connectivity index (χ2v) is 9.18. The average molecular weight is 496 g/mol. The highest BCUT2D eigenvalue weighted by Gasteiger charge is 2.48. The molecule has 36 heavy (non-hydrogen) atoms. The quantitative estimate of drug-likeness (QED) is 0.366. The standard InChI is InChI=1S/C27H29NO8/c1-13-6-7-19-16(10-13)24(29)17(12-36-19)22-21(27(32)35-9-8-33-4)15(3)28-18-11-14(2)20(26(31)34-5)25(30)23(18)22/h6-7,10,12,14,20,22,28H,8-9,11H2,1-5H3/t14-,20+,22-/m1/s1. The molecule has 4 rings (SSSR count). The van der Waals surface area contributed by atoms with Crippen LogP contribution in [0.25, 0.3) is 11.0 Å². The molecule has 1 aliphatic heterocycles. The Morgan fingerprint density at radius 2 is 1.89 bits per heavy atom. The number of ketones is 1. The number of nitrogens with one attached hydrogen (secondary N) is 1. The zero-order chi connectivity index (χ0) is 26.1. The van der Waals surface area contributed by atoms with Crippen molar-refractivity contribution < 1.29 is 33.0 Å². The minimum atomic E-state index is -1.08. The number of dihydropyridines is 1. The van der Waals surface area contributed by atoms with Crippen molar-refractivity contribution in [3.05, 3.63) is 68.4 Å². The van der Waals surface area contributed by atoms with Gasteiger partial charge in [0.1, 0.15) is 18.1 Å². The Morgan fingerprint density at radius 3 is 2.58 bits per heavy atom. The number of ether oxygens (including phenoxy) is 3. The van der Waals surface area contributed by atoms with Gasteiger partial charge in [0.25, 0.3) is 0 Å². The minimum absolute atomic E-state index is 0.00791. The van der Waals surface area contributed by atoms with Gasteiger partial charge in [0, 0.05) is 29.6 Å². The number of allylic oxidation sites excluding steroid dienone is 3. The lowest BCUT2D eigenvalue weighted by atomic mass is 9.69. The third-order valence-corrected chi connectivity index (χ3v) is 6.75. The van der Waals surface area contributed by atoms with Gasteiger partial charge >= 0.3 is 11.9 Å². The third-order valence-electron chi connectivity index (χ3n) is 6.75. The number of rotatable bonds is 6. The van der Waals surface area contributed by atoms with Gasteiger partial charge in [-0.15, -0.1) is 0 Å². The van der Waals surface area contributed by atoms with Crippen LogP contribution in [-0.4, -0.2) is 45.2 Å². The summed E-state index contributed by atoms with van der Waals surface area (Å²) in [5, 5.41) is 3.50. The van der Waals surface area contributed by atoms with Crippen LogP contribution in [-0.2, 0) is 28.6 Å². The molecule has 0 fully saturated rings. The molecule has 9 heteroatoms. The van der Waals surface area contributed by atoms with E-state index in [0.29, 0.717) is 28.8 Å². The Morgan fingerprint density at radius 1 is 1.14 bits per heavy atom. The van der Waals surface area contributed by atoms with Crippen molar-refractivity contribution in [2.75, 3.05) is 27.4 Å². The third kappa shape index (κ3) is 4.35. The highest BCUT2D eigenvalue weighted by molar-refractivity contribution is 6.12. The van der Waals surface area contributed by atoms with Crippen molar-refractivity contribution in [3.63, 3.8) is 0 Å². The van der Waals surface area contributed by atoms with Crippen molar-refractivity contribution in [1.29, 1.82) is 0 Å². The monoisotopic (exact) mass is 495 g/mol. The molecule has 0 amide bonds. The fourth-order valence-corrected chi connectivity index (χ4v) is 5.02. The highest BCUT2D eigenvalue weighted by Crippen LogP contribution is 2.45. The maximum Gasteiger partial charge on any atom is 0.336 e. The zero-order valence-electron chi connectivity index (χ0n) is 20.9. The lowest BCUT2D eigenvalue weighted by Gasteiger charge is -2.37. The molecule has 2 aliphatic rings. The predicted octanol–water partition coefficient (Wildman–Crippen LogP) is 2.90. The second kappa shape index (κ2) is 10.1. The Hall–Kier alpha value is -3.72. The number of methoxy groups -OCH3 is 2. The Kier molecular flexibility index (Phi) is 7.12. The molecule has 0 radical (unpaired) electrons. The van der Waals surface area contributed by atoms with E-state index in [1.165, 1.54) is 20.5 Å². The summed E-state index contributed by atoms with van der Waals surface area (Å²) < 4.78 is 21.1. The van der Waals surface area contributed by atoms with Gasteiger partial charge in [0.2, 0.25) is 0 Å². The molecule has 0 saturated carbocycles. The Labute approximate surface area is 208 Å². The Bertz CT molecular complexity index is 1370. The molecule has 2 aromatic rings. The Balaban J connectivity index is 1.93. The predicted molar refractivity (Wildman–Crippen MR) is 130 cm³/mol.